The lowest BCUT2D eigenvalue weighted by Gasteiger charge is -2.24. The first-order valence-electron chi connectivity index (χ1n) is 9.45. The molecule has 1 atom stereocenters. The topological polar surface area (TPSA) is 66.8 Å². The zero-order chi connectivity index (χ0) is 22.1. The molecule has 4 rings (SSSR count). The summed E-state index contributed by atoms with van der Waals surface area (Å²) in [6, 6.07) is 14.9. The quantitative estimate of drug-likeness (QED) is 0.248. The van der Waals surface area contributed by atoms with Crippen LogP contribution in [-0.4, -0.2) is 23.4 Å². The number of aliphatic hydroxyl groups excluding tert-OH is 1. The molecule has 1 fully saturated rings. The van der Waals surface area contributed by atoms with E-state index < -0.39 is 17.7 Å². The average Bonchev–Trinajstić information content (AvgIpc) is 3.36. The van der Waals surface area contributed by atoms with Crippen LogP contribution in [-0.2, 0) is 9.59 Å². The number of amides is 1. The molecule has 2 heterocycles. The van der Waals surface area contributed by atoms with Gasteiger partial charge in [-0.15, -0.1) is 11.3 Å². The number of carbonyl (C=O) groups excluding carboxylic acids is 2. The van der Waals surface area contributed by atoms with Gasteiger partial charge in [0.25, 0.3) is 11.7 Å². The van der Waals surface area contributed by atoms with Gasteiger partial charge in [0.1, 0.15) is 17.6 Å². The van der Waals surface area contributed by atoms with Gasteiger partial charge in [-0.05, 0) is 54.8 Å². The largest absolute Gasteiger partial charge is 0.507 e. The van der Waals surface area contributed by atoms with Crippen LogP contribution >= 0.6 is 38.9 Å². The zero-order valence-electron chi connectivity index (χ0n) is 16.3. The van der Waals surface area contributed by atoms with Crippen LogP contribution < -0.4 is 9.64 Å². The Hall–Kier alpha value is -2.61. The lowest BCUT2D eigenvalue weighted by atomic mass is 9.99. The van der Waals surface area contributed by atoms with Gasteiger partial charge >= 0.3 is 0 Å². The lowest BCUT2D eigenvalue weighted by molar-refractivity contribution is -0.132. The first-order valence-corrected chi connectivity index (χ1v) is 11.5. The molecule has 0 radical (unpaired) electrons. The minimum Gasteiger partial charge on any atom is -0.507 e. The number of thiophene rings is 1. The SMILES string of the molecule is CCOc1ccc(Cl)c(/C(O)=C2/C(=O)C(=O)N(c3cccc(Br)c3)C2c2cccs2)c1. The van der Waals surface area contributed by atoms with Gasteiger partial charge in [-0.25, -0.2) is 0 Å². The van der Waals surface area contributed by atoms with E-state index in [0.717, 1.165) is 9.35 Å². The molecular weight excluding hydrogens is 502 g/mol. The highest BCUT2D eigenvalue weighted by atomic mass is 79.9. The number of hydrogen-bond acceptors (Lipinski definition) is 5. The number of halogens is 2. The van der Waals surface area contributed by atoms with Gasteiger partial charge in [0, 0.05) is 20.6 Å². The highest BCUT2D eigenvalue weighted by Crippen LogP contribution is 2.44. The third-order valence-electron chi connectivity index (χ3n) is 4.85. The molecule has 0 spiro atoms. The molecule has 1 N–H and O–H groups in total. The minimum atomic E-state index is -0.777. The number of nitrogens with zero attached hydrogens (tertiary/aromatic N) is 1. The van der Waals surface area contributed by atoms with Crippen molar-refractivity contribution < 1.29 is 19.4 Å². The Morgan fingerprint density at radius 1 is 1.19 bits per heavy atom. The molecule has 8 heteroatoms. The van der Waals surface area contributed by atoms with Crippen molar-refractivity contribution in [3.05, 3.63) is 85.5 Å². The first kappa shape index (κ1) is 21.6. The molecule has 2 aromatic carbocycles. The third kappa shape index (κ3) is 4.01. The molecule has 1 unspecified atom stereocenters. The summed E-state index contributed by atoms with van der Waals surface area (Å²) >= 11 is 11.1. The van der Waals surface area contributed by atoms with Crippen LogP contribution in [0.4, 0.5) is 5.69 Å². The molecule has 1 aromatic heterocycles. The maximum Gasteiger partial charge on any atom is 0.300 e. The maximum atomic E-state index is 13.1. The maximum absolute atomic E-state index is 13.1. The predicted octanol–water partition coefficient (Wildman–Crippen LogP) is 6.19. The van der Waals surface area contributed by atoms with Gasteiger partial charge in [-0.3, -0.25) is 14.5 Å². The van der Waals surface area contributed by atoms with Crippen molar-refractivity contribution in [2.24, 2.45) is 0 Å². The Morgan fingerprint density at radius 3 is 2.68 bits per heavy atom. The van der Waals surface area contributed by atoms with Crippen LogP contribution in [0.1, 0.15) is 23.4 Å². The molecule has 0 aliphatic carbocycles. The summed E-state index contributed by atoms with van der Waals surface area (Å²) in [6.07, 6.45) is 0. The number of Topliss-reactive ketones (excluding diaryl/α,β-unsaturated/α-hetero) is 1. The molecule has 0 bridgehead atoms. The van der Waals surface area contributed by atoms with E-state index in [1.165, 1.54) is 16.2 Å². The van der Waals surface area contributed by atoms with E-state index >= 15 is 0 Å². The number of carbonyl (C=O) groups is 2. The van der Waals surface area contributed by atoms with Crippen molar-refractivity contribution >= 4 is 62.0 Å². The standard InChI is InChI=1S/C23H17BrClNO4S/c1-2-30-15-8-9-17(25)16(12-15)21(27)19-20(18-7-4-10-31-18)26(23(29)22(19)28)14-6-3-5-13(24)11-14/h3-12,20,27H,2H2,1H3/b21-19-. The van der Waals surface area contributed by atoms with Gasteiger partial charge in [0.2, 0.25) is 0 Å². The second-order valence-electron chi connectivity index (χ2n) is 6.74. The Labute approximate surface area is 196 Å². The smallest absolute Gasteiger partial charge is 0.300 e. The highest BCUT2D eigenvalue weighted by Gasteiger charge is 2.47. The third-order valence-corrected chi connectivity index (χ3v) is 6.59. The normalized spacial score (nSPS) is 17.9. The van der Waals surface area contributed by atoms with E-state index in [0.29, 0.717) is 18.0 Å². The van der Waals surface area contributed by atoms with Gasteiger partial charge in [0.05, 0.1) is 17.2 Å². The molecular formula is C23H17BrClNO4S. The van der Waals surface area contributed by atoms with Crippen LogP contribution in [0.25, 0.3) is 5.76 Å². The summed E-state index contributed by atoms with van der Waals surface area (Å²) < 4.78 is 6.28. The van der Waals surface area contributed by atoms with E-state index in [1.807, 2.05) is 30.5 Å². The van der Waals surface area contributed by atoms with Gasteiger partial charge in [-0.2, -0.15) is 0 Å². The minimum absolute atomic E-state index is 0.0111. The summed E-state index contributed by atoms with van der Waals surface area (Å²) in [4.78, 5) is 28.4. The monoisotopic (exact) mass is 517 g/mol. The number of benzene rings is 2. The van der Waals surface area contributed by atoms with Crippen molar-refractivity contribution in [1.82, 2.24) is 0 Å². The number of hydrogen-bond donors (Lipinski definition) is 1. The van der Waals surface area contributed by atoms with Crippen molar-refractivity contribution in [2.45, 2.75) is 13.0 Å². The number of rotatable bonds is 5. The van der Waals surface area contributed by atoms with Gasteiger partial charge in [-0.1, -0.05) is 39.7 Å². The molecule has 1 saturated heterocycles. The second-order valence-corrected chi connectivity index (χ2v) is 9.04. The van der Waals surface area contributed by atoms with E-state index in [4.69, 9.17) is 16.3 Å². The Bertz CT molecular complexity index is 1190. The Morgan fingerprint density at radius 2 is 2.00 bits per heavy atom. The van der Waals surface area contributed by atoms with Crippen LogP contribution in [0.3, 0.4) is 0 Å². The van der Waals surface area contributed by atoms with Crippen LogP contribution in [0, 0.1) is 0 Å². The fourth-order valence-corrected chi connectivity index (χ4v) is 4.95. The fourth-order valence-electron chi connectivity index (χ4n) is 3.53. The summed E-state index contributed by atoms with van der Waals surface area (Å²) in [5.41, 5.74) is 0.771. The molecule has 1 aliphatic heterocycles. The summed E-state index contributed by atoms with van der Waals surface area (Å²) in [5, 5.41) is 13.3. The van der Waals surface area contributed by atoms with Gasteiger partial charge < -0.3 is 9.84 Å². The Balaban J connectivity index is 1.93. The van der Waals surface area contributed by atoms with E-state index in [-0.39, 0.29) is 21.9 Å². The fraction of sp³-hybridized carbons (Fsp3) is 0.130. The molecule has 1 aliphatic rings. The number of ketones is 1. The summed E-state index contributed by atoms with van der Waals surface area (Å²) in [6.45, 7) is 2.28. The van der Waals surface area contributed by atoms with Crippen LogP contribution in [0.15, 0.2) is 70.0 Å². The van der Waals surface area contributed by atoms with Crippen LogP contribution in [0.2, 0.25) is 5.02 Å². The molecule has 31 heavy (non-hydrogen) atoms. The van der Waals surface area contributed by atoms with Crippen molar-refractivity contribution in [3.63, 3.8) is 0 Å². The summed E-state index contributed by atoms with van der Waals surface area (Å²) in [5.74, 6) is -1.31. The molecule has 3 aromatic rings. The number of ether oxygens (including phenoxy) is 1. The first-order chi connectivity index (χ1) is 14.9. The van der Waals surface area contributed by atoms with E-state index in [2.05, 4.69) is 15.9 Å². The molecule has 158 valence electrons. The predicted molar refractivity (Wildman–Crippen MR) is 126 cm³/mol. The van der Waals surface area contributed by atoms with E-state index in [1.54, 1.807) is 36.4 Å². The molecule has 5 nitrogen and oxygen atoms in total. The van der Waals surface area contributed by atoms with Crippen molar-refractivity contribution in [1.29, 1.82) is 0 Å². The lowest BCUT2D eigenvalue weighted by Crippen LogP contribution is -2.29. The van der Waals surface area contributed by atoms with Crippen molar-refractivity contribution in [3.8, 4) is 5.75 Å². The highest BCUT2D eigenvalue weighted by molar-refractivity contribution is 9.10. The summed E-state index contributed by atoms with van der Waals surface area (Å²) in [7, 11) is 0. The number of aliphatic hydroxyl groups is 1. The average molecular weight is 519 g/mol. The van der Waals surface area contributed by atoms with E-state index in [9.17, 15) is 14.7 Å². The van der Waals surface area contributed by atoms with Crippen LogP contribution in [0.5, 0.6) is 5.75 Å². The number of anilines is 1. The van der Waals surface area contributed by atoms with Crippen molar-refractivity contribution in [2.75, 3.05) is 11.5 Å². The zero-order valence-corrected chi connectivity index (χ0v) is 19.5. The molecule has 1 amide bonds. The Kier molecular flexibility index (Phi) is 6.18. The molecule has 0 saturated carbocycles. The van der Waals surface area contributed by atoms with Gasteiger partial charge in [0.15, 0.2) is 0 Å². The second kappa shape index (κ2) is 8.86.